The number of rotatable bonds is 5. The van der Waals surface area contributed by atoms with Gasteiger partial charge in [0.2, 0.25) is 10.0 Å². The maximum Gasteiger partial charge on any atom is 0.243 e. The fourth-order valence-corrected chi connectivity index (χ4v) is 4.76. The maximum absolute atomic E-state index is 12.6. The first kappa shape index (κ1) is 17.1. The lowest BCUT2D eigenvalue weighted by Crippen LogP contribution is -2.41. The fourth-order valence-electron chi connectivity index (χ4n) is 3.26. The predicted octanol–water partition coefficient (Wildman–Crippen LogP) is 2.69. The molecule has 1 N–H and O–H groups in total. The highest BCUT2D eigenvalue weighted by atomic mass is 32.2. The summed E-state index contributed by atoms with van der Waals surface area (Å²) < 4.78 is 26.8. The summed E-state index contributed by atoms with van der Waals surface area (Å²) in [5.41, 5.74) is 1.12. The third-order valence-electron chi connectivity index (χ3n) is 4.71. The first-order valence-electron chi connectivity index (χ1n) is 8.34. The quantitative estimate of drug-likeness (QED) is 0.906. The summed E-state index contributed by atoms with van der Waals surface area (Å²) in [5, 5.41) is 10.5. The summed E-state index contributed by atoms with van der Waals surface area (Å²) in [4.78, 5) is 0.341. The third kappa shape index (κ3) is 3.86. The molecule has 1 fully saturated rings. The Bertz CT molecular complexity index is 739. The van der Waals surface area contributed by atoms with Gasteiger partial charge < -0.3 is 5.11 Å². The Hall–Kier alpha value is -1.69. The van der Waals surface area contributed by atoms with Crippen LogP contribution in [0.3, 0.4) is 0 Å². The molecule has 1 saturated heterocycles. The second kappa shape index (κ2) is 7.47. The van der Waals surface area contributed by atoms with Crippen molar-refractivity contribution in [3.63, 3.8) is 0 Å². The lowest BCUT2D eigenvalue weighted by molar-refractivity contribution is 0.0765. The van der Waals surface area contributed by atoms with Gasteiger partial charge in [-0.1, -0.05) is 48.5 Å². The molecule has 1 aliphatic heterocycles. The molecular weight excluding hydrogens is 322 g/mol. The molecule has 1 aliphatic rings. The summed E-state index contributed by atoms with van der Waals surface area (Å²) >= 11 is 0. The molecule has 3 rings (SSSR count). The van der Waals surface area contributed by atoms with E-state index in [-0.39, 0.29) is 5.92 Å². The number of sulfonamides is 1. The summed E-state index contributed by atoms with van der Waals surface area (Å²) in [6, 6.07) is 18.5. The van der Waals surface area contributed by atoms with E-state index in [0.29, 0.717) is 37.2 Å². The van der Waals surface area contributed by atoms with E-state index in [1.165, 1.54) is 4.31 Å². The number of hydrogen-bond acceptors (Lipinski definition) is 3. The minimum atomic E-state index is -3.42. The minimum absolute atomic E-state index is 0.146. The van der Waals surface area contributed by atoms with Gasteiger partial charge >= 0.3 is 0 Å². The molecule has 1 unspecified atom stereocenters. The molecule has 0 radical (unpaired) electrons. The van der Waals surface area contributed by atoms with Crippen molar-refractivity contribution < 1.29 is 13.5 Å². The number of benzene rings is 2. The van der Waals surface area contributed by atoms with Crippen LogP contribution in [0.15, 0.2) is 65.6 Å². The topological polar surface area (TPSA) is 57.6 Å². The maximum atomic E-state index is 12.6. The lowest BCUT2D eigenvalue weighted by atomic mass is 9.89. The van der Waals surface area contributed by atoms with Gasteiger partial charge in [0.25, 0.3) is 0 Å². The van der Waals surface area contributed by atoms with Crippen LogP contribution in [-0.4, -0.2) is 37.0 Å². The van der Waals surface area contributed by atoms with Crippen molar-refractivity contribution in [3.05, 3.63) is 66.2 Å². The molecule has 1 heterocycles. The van der Waals surface area contributed by atoms with Crippen LogP contribution in [0.5, 0.6) is 0 Å². The Morgan fingerprint density at radius 3 is 2.08 bits per heavy atom. The average molecular weight is 345 g/mol. The minimum Gasteiger partial charge on any atom is -0.392 e. The number of nitrogens with zero attached hydrogens (tertiary/aromatic N) is 1. The smallest absolute Gasteiger partial charge is 0.243 e. The number of aliphatic hydroxyl groups excluding tert-OH is 1. The van der Waals surface area contributed by atoms with Crippen LogP contribution in [0.25, 0.3) is 0 Å². The zero-order valence-corrected chi connectivity index (χ0v) is 14.4. The third-order valence-corrected chi connectivity index (χ3v) is 6.62. The van der Waals surface area contributed by atoms with Crippen LogP contribution in [0.4, 0.5) is 0 Å². The van der Waals surface area contributed by atoms with Crippen LogP contribution in [0, 0.1) is 5.92 Å². The second-order valence-corrected chi connectivity index (χ2v) is 8.25. The summed E-state index contributed by atoms with van der Waals surface area (Å²) in [5.74, 6) is 0.146. The highest BCUT2D eigenvalue weighted by Crippen LogP contribution is 2.27. The molecule has 0 bridgehead atoms. The lowest BCUT2D eigenvalue weighted by Gasteiger charge is -2.33. The Balaban J connectivity index is 1.59. The zero-order chi connectivity index (χ0) is 17.0. The van der Waals surface area contributed by atoms with Gasteiger partial charge in [0.05, 0.1) is 11.0 Å². The molecule has 0 spiro atoms. The van der Waals surface area contributed by atoms with Crippen LogP contribution < -0.4 is 0 Å². The average Bonchev–Trinajstić information content (AvgIpc) is 2.63. The molecule has 2 aromatic rings. The first-order chi connectivity index (χ1) is 11.6. The SMILES string of the molecule is O=S(=O)(c1ccccc1)N1CCC(C(O)Cc2ccccc2)CC1. The van der Waals surface area contributed by atoms with Crippen molar-refractivity contribution in [2.75, 3.05) is 13.1 Å². The molecule has 1 atom stereocenters. The molecule has 5 heteroatoms. The molecule has 2 aromatic carbocycles. The Labute approximate surface area is 143 Å². The fraction of sp³-hybridized carbons (Fsp3) is 0.368. The molecule has 24 heavy (non-hydrogen) atoms. The first-order valence-corrected chi connectivity index (χ1v) is 9.78. The highest BCUT2D eigenvalue weighted by Gasteiger charge is 2.31. The van der Waals surface area contributed by atoms with Gasteiger partial charge in [0.15, 0.2) is 0 Å². The van der Waals surface area contributed by atoms with E-state index in [2.05, 4.69) is 0 Å². The Morgan fingerprint density at radius 2 is 1.50 bits per heavy atom. The van der Waals surface area contributed by atoms with Gasteiger partial charge in [0, 0.05) is 13.1 Å². The van der Waals surface area contributed by atoms with Crippen molar-refractivity contribution >= 4 is 10.0 Å². The van der Waals surface area contributed by atoms with Crippen LogP contribution in [-0.2, 0) is 16.4 Å². The molecule has 128 valence electrons. The van der Waals surface area contributed by atoms with E-state index in [1.807, 2.05) is 36.4 Å². The molecule has 0 saturated carbocycles. The second-order valence-electron chi connectivity index (χ2n) is 6.31. The van der Waals surface area contributed by atoms with Crippen LogP contribution in [0.2, 0.25) is 0 Å². The molecule has 0 amide bonds. The largest absolute Gasteiger partial charge is 0.392 e. The van der Waals surface area contributed by atoms with Crippen molar-refractivity contribution in [2.45, 2.75) is 30.3 Å². The van der Waals surface area contributed by atoms with Crippen molar-refractivity contribution in [3.8, 4) is 0 Å². The van der Waals surface area contributed by atoms with E-state index < -0.39 is 16.1 Å². The monoisotopic (exact) mass is 345 g/mol. The van der Waals surface area contributed by atoms with Crippen LogP contribution in [0.1, 0.15) is 18.4 Å². The van der Waals surface area contributed by atoms with Gasteiger partial charge in [-0.05, 0) is 42.9 Å². The van der Waals surface area contributed by atoms with Gasteiger partial charge in [0.1, 0.15) is 0 Å². The van der Waals surface area contributed by atoms with Gasteiger partial charge in [-0.2, -0.15) is 4.31 Å². The normalized spacial score (nSPS) is 18.4. The van der Waals surface area contributed by atoms with E-state index in [1.54, 1.807) is 24.3 Å². The number of hydrogen-bond donors (Lipinski definition) is 1. The summed E-state index contributed by atoms with van der Waals surface area (Å²) in [6.07, 6.45) is 1.59. The van der Waals surface area contributed by atoms with Crippen molar-refractivity contribution in [2.24, 2.45) is 5.92 Å². The van der Waals surface area contributed by atoms with Gasteiger partial charge in [-0.3, -0.25) is 0 Å². The van der Waals surface area contributed by atoms with E-state index in [4.69, 9.17) is 0 Å². The number of aliphatic hydroxyl groups is 1. The molecular formula is C19H23NO3S. The molecule has 4 nitrogen and oxygen atoms in total. The molecule has 0 aromatic heterocycles. The standard InChI is InChI=1S/C19H23NO3S/c21-19(15-16-7-3-1-4-8-16)17-11-13-20(14-12-17)24(22,23)18-9-5-2-6-10-18/h1-10,17,19,21H,11-15H2. The van der Waals surface area contributed by atoms with Gasteiger partial charge in [-0.25, -0.2) is 8.42 Å². The van der Waals surface area contributed by atoms with Crippen molar-refractivity contribution in [1.82, 2.24) is 4.31 Å². The number of piperidine rings is 1. The zero-order valence-electron chi connectivity index (χ0n) is 13.6. The van der Waals surface area contributed by atoms with E-state index in [9.17, 15) is 13.5 Å². The van der Waals surface area contributed by atoms with Crippen LogP contribution >= 0.6 is 0 Å². The summed E-state index contributed by atoms with van der Waals surface area (Å²) in [6.45, 7) is 0.932. The summed E-state index contributed by atoms with van der Waals surface area (Å²) in [7, 11) is -3.42. The van der Waals surface area contributed by atoms with Crippen molar-refractivity contribution in [1.29, 1.82) is 0 Å². The molecule has 0 aliphatic carbocycles. The van der Waals surface area contributed by atoms with E-state index in [0.717, 1.165) is 5.56 Å². The van der Waals surface area contributed by atoms with E-state index >= 15 is 0 Å². The Kier molecular flexibility index (Phi) is 5.33. The Morgan fingerprint density at radius 1 is 0.958 bits per heavy atom. The van der Waals surface area contributed by atoms with Gasteiger partial charge in [-0.15, -0.1) is 0 Å². The highest BCUT2D eigenvalue weighted by molar-refractivity contribution is 7.89. The predicted molar refractivity (Wildman–Crippen MR) is 94.1 cm³/mol.